The quantitative estimate of drug-likeness (QED) is 0.821. The summed E-state index contributed by atoms with van der Waals surface area (Å²) in [6.07, 6.45) is 7.30. The number of rotatable bonds is 6. The lowest BCUT2D eigenvalue weighted by atomic mass is 10.0. The maximum Gasteiger partial charge on any atom is 0.155 e. The van der Waals surface area contributed by atoms with E-state index in [4.69, 9.17) is 5.11 Å². The van der Waals surface area contributed by atoms with Gasteiger partial charge < -0.3 is 10.4 Å². The number of aliphatic hydroxyl groups is 1. The van der Waals surface area contributed by atoms with Crippen LogP contribution in [0.5, 0.6) is 0 Å². The maximum absolute atomic E-state index is 9.03. The van der Waals surface area contributed by atoms with Crippen molar-refractivity contribution < 1.29 is 5.11 Å². The molecule has 2 N–H and O–H groups in total. The average molecular weight is 260 g/mol. The van der Waals surface area contributed by atoms with Crippen LogP contribution in [0, 0.1) is 12.3 Å². The smallest absolute Gasteiger partial charge is 0.155 e. The molecule has 0 aliphatic heterocycles. The summed E-state index contributed by atoms with van der Waals surface area (Å²) in [5, 5.41) is 16.9. The molecule has 5 heteroatoms. The van der Waals surface area contributed by atoms with Gasteiger partial charge >= 0.3 is 0 Å². The van der Waals surface area contributed by atoms with Gasteiger partial charge in [-0.2, -0.15) is 5.10 Å². The van der Waals surface area contributed by atoms with Gasteiger partial charge in [0.2, 0.25) is 0 Å². The molecule has 19 heavy (non-hydrogen) atoms. The Morgan fingerprint density at radius 3 is 3.05 bits per heavy atom. The van der Waals surface area contributed by atoms with Crippen LogP contribution in [0.2, 0.25) is 0 Å². The molecule has 1 aliphatic rings. The normalized spacial score (nSPS) is 16.9. The first kappa shape index (κ1) is 12.6. The molecule has 0 amide bonds. The van der Waals surface area contributed by atoms with E-state index >= 15 is 0 Å². The Morgan fingerprint density at radius 2 is 2.32 bits per heavy atom. The van der Waals surface area contributed by atoms with Crippen LogP contribution in [0.15, 0.2) is 18.5 Å². The fraction of sp³-hybridized carbons (Fsp3) is 0.571. The first-order valence-corrected chi connectivity index (χ1v) is 6.83. The number of aliphatic hydroxyl groups excluding tert-OH is 1. The summed E-state index contributed by atoms with van der Waals surface area (Å²) in [5.41, 5.74) is 3.36. The van der Waals surface area contributed by atoms with E-state index in [1.165, 1.54) is 12.8 Å². The summed E-state index contributed by atoms with van der Waals surface area (Å²) in [7, 11) is 0. The first-order chi connectivity index (χ1) is 9.21. The summed E-state index contributed by atoms with van der Waals surface area (Å²) in [6.45, 7) is 4.04. The predicted molar refractivity (Wildman–Crippen MR) is 72.8 cm³/mol. The molecule has 0 radical (unpaired) electrons. The van der Waals surface area contributed by atoms with Crippen molar-refractivity contribution in [2.45, 2.75) is 32.7 Å². The summed E-state index contributed by atoms with van der Waals surface area (Å²) in [4.78, 5) is 4.39. The van der Waals surface area contributed by atoms with E-state index in [9.17, 15) is 0 Å². The molecule has 2 heterocycles. The molecule has 1 aliphatic carbocycles. The highest BCUT2D eigenvalue weighted by Crippen LogP contribution is 2.47. The van der Waals surface area contributed by atoms with Crippen LogP contribution in [-0.2, 0) is 6.54 Å². The van der Waals surface area contributed by atoms with Crippen molar-refractivity contribution in [2.75, 3.05) is 13.2 Å². The molecule has 2 aromatic rings. The lowest BCUT2D eigenvalue weighted by molar-refractivity contribution is 0.245. The molecule has 0 saturated heterocycles. The van der Waals surface area contributed by atoms with Crippen molar-refractivity contribution in [1.29, 1.82) is 0 Å². The third-order valence-electron chi connectivity index (χ3n) is 3.92. The summed E-state index contributed by atoms with van der Waals surface area (Å²) < 4.78 is 1.83. The van der Waals surface area contributed by atoms with Crippen molar-refractivity contribution in [2.24, 2.45) is 5.41 Å². The minimum atomic E-state index is 0.293. The summed E-state index contributed by atoms with van der Waals surface area (Å²) in [6, 6.07) is 1.97. The van der Waals surface area contributed by atoms with E-state index < -0.39 is 0 Å². The summed E-state index contributed by atoms with van der Waals surface area (Å²) >= 11 is 0. The minimum absolute atomic E-state index is 0.293. The lowest BCUT2D eigenvalue weighted by Gasteiger charge is -2.14. The van der Waals surface area contributed by atoms with Crippen molar-refractivity contribution in [1.82, 2.24) is 19.9 Å². The number of nitrogens with zero attached hydrogens (tertiary/aromatic N) is 3. The van der Waals surface area contributed by atoms with Crippen LogP contribution in [0.3, 0.4) is 0 Å². The van der Waals surface area contributed by atoms with Crippen LogP contribution in [-0.4, -0.2) is 32.9 Å². The number of hydrogen-bond donors (Lipinski definition) is 2. The standard InChI is InChI=1S/C14H20N4O/c1-11-6-13-16-8-12(9-18(13)17-11)7-15-10-14(2-3-14)4-5-19/h6,8-9,15,19H,2-5,7,10H2,1H3. The SMILES string of the molecule is Cc1cc2ncc(CNCC3(CCO)CC3)cn2n1. The molecule has 0 bridgehead atoms. The number of nitrogens with one attached hydrogen (secondary N) is 1. The van der Waals surface area contributed by atoms with Gasteiger partial charge in [0.05, 0.1) is 5.69 Å². The van der Waals surface area contributed by atoms with E-state index in [-0.39, 0.29) is 0 Å². The van der Waals surface area contributed by atoms with E-state index in [0.717, 1.165) is 36.4 Å². The van der Waals surface area contributed by atoms with Crippen molar-refractivity contribution in [3.05, 3.63) is 29.7 Å². The van der Waals surface area contributed by atoms with Crippen molar-refractivity contribution in [3.8, 4) is 0 Å². The van der Waals surface area contributed by atoms with Gasteiger partial charge in [0.15, 0.2) is 5.65 Å². The van der Waals surface area contributed by atoms with Gasteiger partial charge in [0, 0.05) is 43.7 Å². The van der Waals surface area contributed by atoms with Gasteiger partial charge in [-0.05, 0) is 31.6 Å². The molecule has 0 atom stereocenters. The van der Waals surface area contributed by atoms with E-state index in [0.29, 0.717) is 12.0 Å². The number of hydrogen-bond acceptors (Lipinski definition) is 4. The van der Waals surface area contributed by atoms with Crippen LogP contribution in [0.25, 0.3) is 5.65 Å². The zero-order valence-electron chi connectivity index (χ0n) is 11.3. The van der Waals surface area contributed by atoms with Crippen LogP contribution in [0.4, 0.5) is 0 Å². The predicted octanol–water partition coefficient (Wildman–Crippen LogP) is 1.29. The van der Waals surface area contributed by atoms with Gasteiger partial charge in [-0.1, -0.05) is 0 Å². The van der Waals surface area contributed by atoms with Crippen LogP contribution in [0.1, 0.15) is 30.5 Å². The Hall–Kier alpha value is -1.46. The third kappa shape index (κ3) is 2.77. The Bertz CT molecular complexity index is 574. The van der Waals surface area contributed by atoms with Gasteiger partial charge in [-0.15, -0.1) is 0 Å². The van der Waals surface area contributed by atoms with Crippen LogP contribution >= 0.6 is 0 Å². The molecular weight excluding hydrogens is 240 g/mol. The highest BCUT2D eigenvalue weighted by molar-refractivity contribution is 5.38. The number of fused-ring (bicyclic) bond motifs is 1. The summed E-state index contributed by atoms with van der Waals surface area (Å²) in [5.74, 6) is 0. The molecule has 2 aromatic heterocycles. The number of aryl methyl sites for hydroxylation is 1. The molecular formula is C14H20N4O. The average Bonchev–Trinajstić information content (AvgIpc) is 3.02. The fourth-order valence-corrected chi connectivity index (χ4v) is 2.53. The zero-order valence-corrected chi connectivity index (χ0v) is 11.3. The van der Waals surface area contributed by atoms with Crippen molar-refractivity contribution >= 4 is 5.65 Å². The molecule has 1 fully saturated rings. The second-order valence-electron chi connectivity index (χ2n) is 5.63. The monoisotopic (exact) mass is 260 g/mol. The van der Waals surface area contributed by atoms with Gasteiger partial charge in [0.25, 0.3) is 0 Å². The maximum atomic E-state index is 9.03. The van der Waals surface area contributed by atoms with Gasteiger partial charge in [-0.25, -0.2) is 9.50 Å². The molecule has 1 saturated carbocycles. The Labute approximate surface area is 112 Å². The van der Waals surface area contributed by atoms with E-state index in [1.54, 1.807) is 0 Å². The molecule has 3 rings (SSSR count). The van der Waals surface area contributed by atoms with Crippen molar-refractivity contribution in [3.63, 3.8) is 0 Å². The van der Waals surface area contributed by atoms with Gasteiger partial charge in [0.1, 0.15) is 0 Å². The highest BCUT2D eigenvalue weighted by atomic mass is 16.3. The number of aromatic nitrogens is 3. The minimum Gasteiger partial charge on any atom is -0.396 e. The molecule has 0 spiro atoms. The molecule has 5 nitrogen and oxygen atoms in total. The molecule has 0 aromatic carbocycles. The molecule has 0 unspecified atom stereocenters. The Kier molecular flexibility index (Phi) is 3.24. The topological polar surface area (TPSA) is 62.5 Å². The Balaban J connectivity index is 1.59. The largest absolute Gasteiger partial charge is 0.396 e. The second kappa shape index (κ2) is 4.90. The fourth-order valence-electron chi connectivity index (χ4n) is 2.53. The van der Waals surface area contributed by atoms with Gasteiger partial charge in [-0.3, -0.25) is 0 Å². The lowest BCUT2D eigenvalue weighted by Crippen LogP contribution is -2.24. The third-order valence-corrected chi connectivity index (χ3v) is 3.92. The van der Waals surface area contributed by atoms with Crippen LogP contribution < -0.4 is 5.32 Å². The molecule has 102 valence electrons. The first-order valence-electron chi connectivity index (χ1n) is 6.83. The van der Waals surface area contributed by atoms with E-state index in [1.807, 2.05) is 29.9 Å². The highest BCUT2D eigenvalue weighted by Gasteiger charge is 2.41. The zero-order chi connectivity index (χ0) is 13.3. The van der Waals surface area contributed by atoms with E-state index in [2.05, 4.69) is 15.4 Å². The Morgan fingerprint density at radius 1 is 1.47 bits per heavy atom. The second-order valence-corrected chi connectivity index (χ2v) is 5.63.